The van der Waals surface area contributed by atoms with Gasteiger partial charge >= 0.3 is 6.18 Å². The number of alkyl halides is 4. The molecule has 0 aliphatic carbocycles. The molecule has 2 atom stereocenters. The van der Waals surface area contributed by atoms with Crippen molar-refractivity contribution in [3.63, 3.8) is 0 Å². The van der Waals surface area contributed by atoms with Crippen molar-refractivity contribution in [1.82, 2.24) is 20.0 Å². The second kappa shape index (κ2) is 9.77. The molecule has 2 amide bonds. The molecule has 3 aromatic rings. The lowest BCUT2D eigenvalue weighted by molar-refractivity contribution is -0.138. The molecule has 12 heteroatoms. The molecule has 37 heavy (non-hydrogen) atoms. The number of carbonyl (C=O) groups excluding carboxylic acids is 2. The number of carbonyl (C=O) groups is 2. The van der Waals surface area contributed by atoms with Gasteiger partial charge in [0.25, 0.3) is 11.1 Å². The van der Waals surface area contributed by atoms with Gasteiger partial charge in [-0.25, -0.2) is 4.39 Å². The van der Waals surface area contributed by atoms with E-state index in [-0.39, 0.29) is 28.6 Å². The maximum absolute atomic E-state index is 14.4. The third kappa shape index (κ3) is 4.99. The van der Waals surface area contributed by atoms with Crippen LogP contribution < -0.4 is 5.32 Å². The number of nitrogens with zero attached hydrogens (tertiary/aromatic N) is 3. The second-order valence-electron chi connectivity index (χ2n) is 8.95. The van der Waals surface area contributed by atoms with Crippen LogP contribution in [0.1, 0.15) is 28.8 Å². The Hall–Kier alpha value is -2.89. The number of imide groups is 1. The normalized spacial score (nSPS) is 22.0. The standard InChI is InChI=1S/C25H21ClF4N4O2S/c1-13-17-8-14(9-22-23(35)34(24(36)37-22)21-6-7-31-11-19(21)27)2-5-20(17)33(32-13)12-15-3-4-16(26)10-18(15)25(28,29)30/h2-5,8-10,19,21,31H,6-7,11-12H2,1H3/b22-9-/t19-,21-/m1/s1. The highest BCUT2D eigenvalue weighted by Gasteiger charge is 2.43. The molecule has 2 aliphatic rings. The summed E-state index contributed by atoms with van der Waals surface area (Å²) in [5, 5.41) is 7.52. The van der Waals surface area contributed by atoms with Crippen LogP contribution in [0.4, 0.5) is 22.4 Å². The number of benzene rings is 2. The molecule has 1 N–H and O–H groups in total. The predicted octanol–water partition coefficient (Wildman–Crippen LogP) is 5.80. The van der Waals surface area contributed by atoms with Crippen molar-refractivity contribution < 1.29 is 27.2 Å². The van der Waals surface area contributed by atoms with Crippen LogP contribution in [0, 0.1) is 6.92 Å². The molecule has 0 unspecified atom stereocenters. The lowest BCUT2D eigenvalue weighted by Crippen LogP contribution is -2.52. The minimum Gasteiger partial charge on any atom is -0.314 e. The highest BCUT2D eigenvalue weighted by Crippen LogP contribution is 2.37. The molecular weight excluding hydrogens is 532 g/mol. The quantitative estimate of drug-likeness (QED) is 0.327. The Morgan fingerprint density at radius 1 is 1.22 bits per heavy atom. The van der Waals surface area contributed by atoms with Crippen LogP contribution in [0.5, 0.6) is 0 Å². The molecule has 0 spiro atoms. The van der Waals surface area contributed by atoms with Gasteiger partial charge in [-0.15, -0.1) is 0 Å². The summed E-state index contributed by atoms with van der Waals surface area (Å²) in [4.78, 5) is 26.7. The van der Waals surface area contributed by atoms with Crippen LogP contribution in [0.25, 0.3) is 17.0 Å². The van der Waals surface area contributed by atoms with E-state index >= 15 is 0 Å². The van der Waals surface area contributed by atoms with Crippen molar-refractivity contribution in [2.45, 2.75) is 38.3 Å². The summed E-state index contributed by atoms with van der Waals surface area (Å²) in [7, 11) is 0. The monoisotopic (exact) mass is 552 g/mol. The number of aryl methyl sites for hydroxylation is 1. The van der Waals surface area contributed by atoms with Crippen molar-refractivity contribution in [2.24, 2.45) is 0 Å². The maximum atomic E-state index is 14.4. The van der Waals surface area contributed by atoms with E-state index in [9.17, 15) is 27.2 Å². The van der Waals surface area contributed by atoms with Gasteiger partial charge in [0.2, 0.25) is 0 Å². The zero-order valence-electron chi connectivity index (χ0n) is 19.5. The van der Waals surface area contributed by atoms with Crippen molar-refractivity contribution in [2.75, 3.05) is 13.1 Å². The zero-order valence-corrected chi connectivity index (χ0v) is 21.1. The van der Waals surface area contributed by atoms with E-state index < -0.39 is 35.1 Å². The molecule has 194 valence electrons. The molecule has 1 aromatic heterocycles. The number of halogens is 5. The minimum absolute atomic E-state index is 0.00572. The van der Waals surface area contributed by atoms with Crippen LogP contribution in [0.3, 0.4) is 0 Å². The largest absolute Gasteiger partial charge is 0.416 e. The summed E-state index contributed by atoms with van der Waals surface area (Å²) in [6.07, 6.45) is -3.98. The summed E-state index contributed by atoms with van der Waals surface area (Å²) in [5.41, 5.74) is 1.03. The molecule has 2 saturated heterocycles. The number of hydrogen-bond donors (Lipinski definition) is 1. The number of amides is 2. The molecule has 5 rings (SSSR count). The van der Waals surface area contributed by atoms with E-state index in [1.165, 1.54) is 16.8 Å². The van der Waals surface area contributed by atoms with Crippen molar-refractivity contribution in [3.8, 4) is 0 Å². The highest BCUT2D eigenvalue weighted by molar-refractivity contribution is 8.18. The first kappa shape index (κ1) is 25.7. The first-order chi connectivity index (χ1) is 17.5. The third-order valence-electron chi connectivity index (χ3n) is 6.48. The van der Waals surface area contributed by atoms with E-state index in [1.54, 1.807) is 31.2 Å². The lowest BCUT2D eigenvalue weighted by atomic mass is 10.0. The molecule has 2 aromatic carbocycles. The van der Waals surface area contributed by atoms with Crippen LogP contribution in [-0.2, 0) is 17.5 Å². The zero-order chi connectivity index (χ0) is 26.5. The molecule has 3 heterocycles. The summed E-state index contributed by atoms with van der Waals surface area (Å²) < 4.78 is 56.5. The number of thioether (sulfide) groups is 1. The van der Waals surface area contributed by atoms with Gasteiger partial charge in [-0.3, -0.25) is 19.2 Å². The predicted molar refractivity (Wildman–Crippen MR) is 134 cm³/mol. The second-order valence-corrected chi connectivity index (χ2v) is 10.4. The molecule has 0 bridgehead atoms. The van der Waals surface area contributed by atoms with Gasteiger partial charge < -0.3 is 5.32 Å². The van der Waals surface area contributed by atoms with Crippen LogP contribution in [-0.4, -0.2) is 51.1 Å². The summed E-state index contributed by atoms with van der Waals surface area (Å²) in [6, 6.07) is 8.01. The maximum Gasteiger partial charge on any atom is 0.416 e. The van der Waals surface area contributed by atoms with Crippen LogP contribution >= 0.6 is 23.4 Å². The lowest BCUT2D eigenvalue weighted by Gasteiger charge is -2.32. The SMILES string of the molecule is Cc1nn(Cc2ccc(Cl)cc2C(F)(F)F)c2ccc(/C=C3\SC(=O)N([C@@H]4CCNC[C@H]4F)C3=O)cc12. The number of hydrogen-bond acceptors (Lipinski definition) is 5. The van der Waals surface area contributed by atoms with Gasteiger partial charge in [0.1, 0.15) is 6.17 Å². The van der Waals surface area contributed by atoms with Gasteiger partial charge in [-0.2, -0.15) is 18.3 Å². The fourth-order valence-corrected chi connectivity index (χ4v) is 5.75. The first-order valence-electron chi connectivity index (χ1n) is 11.5. The van der Waals surface area contributed by atoms with E-state index in [4.69, 9.17) is 11.6 Å². The van der Waals surface area contributed by atoms with E-state index in [1.807, 2.05) is 0 Å². The molecule has 2 aliphatic heterocycles. The first-order valence-corrected chi connectivity index (χ1v) is 12.7. The molecule has 0 radical (unpaired) electrons. The molecular formula is C25H21ClF4N4O2S. The van der Waals surface area contributed by atoms with Gasteiger partial charge in [0.15, 0.2) is 0 Å². The Kier molecular flexibility index (Phi) is 6.80. The van der Waals surface area contributed by atoms with Crippen molar-refractivity contribution >= 4 is 51.5 Å². The number of rotatable bonds is 4. The van der Waals surface area contributed by atoms with Gasteiger partial charge in [0, 0.05) is 17.0 Å². The number of aromatic nitrogens is 2. The van der Waals surface area contributed by atoms with Gasteiger partial charge in [0.05, 0.1) is 34.3 Å². The summed E-state index contributed by atoms with van der Waals surface area (Å²) in [5.74, 6) is -0.528. The molecule has 0 saturated carbocycles. The van der Waals surface area contributed by atoms with E-state index in [0.29, 0.717) is 35.1 Å². The molecule has 2 fully saturated rings. The fourth-order valence-electron chi connectivity index (χ4n) is 4.69. The number of piperidine rings is 1. The topological polar surface area (TPSA) is 67.2 Å². The Balaban J connectivity index is 1.44. The number of nitrogens with one attached hydrogen (secondary N) is 1. The van der Waals surface area contributed by atoms with Crippen molar-refractivity contribution in [1.29, 1.82) is 0 Å². The average Bonchev–Trinajstić information content (AvgIpc) is 3.29. The van der Waals surface area contributed by atoms with Crippen LogP contribution in [0.15, 0.2) is 41.3 Å². The Labute approximate surface area is 218 Å². The van der Waals surface area contributed by atoms with Crippen LogP contribution in [0.2, 0.25) is 5.02 Å². The third-order valence-corrected chi connectivity index (χ3v) is 7.60. The Morgan fingerprint density at radius 2 is 2.00 bits per heavy atom. The fraction of sp³-hybridized carbons (Fsp3) is 0.320. The molecule has 6 nitrogen and oxygen atoms in total. The summed E-state index contributed by atoms with van der Waals surface area (Å²) >= 11 is 6.56. The van der Waals surface area contributed by atoms with E-state index in [0.717, 1.165) is 22.7 Å². The Bertz CT molecular complexity index is 1440. The number of fused-ring (bicyclic) bond motifs is 1. The van der Waals surface area contributed by atoms with Gasteiger partial charge in [-0.05, 0) is 73.1 Å². The Morgan fingerprint density at radius 3 is 2.73 bits per heavy atom. The average molecular weight is 553 g/mol. The van der Waals surface area contributed by atoms with Crippen molar-refractivity contribution in [3.05, 3.63) is 68.7 Å². The highest BCUT2D eigenvalue weighted by atomic mass is 35.5. The van der Waals surface area contributed by atoms with Gasteiger partial charge in [-0.1, -0.05) is 23.7 Å². The van der Waals surface area contributed by atoms with E-state index in [2.05, 4.69) is 10.4 Å². The minimum atomic E-state index is -4.56. The smallest absolute Gasteiger partial charge is 0.314 e. The summed E-state index contributed by atoms with van der Waals surface area (Å²) in [6.45, 7) is 2.23.